The standard InChI is InChI=1S/C17H34N2O/c1-3-5-9-14(4-2)13-19-17(20)16(18)12-15-10-7-6-8-11-15/h14-16H,3-13,18H2,1-2H3,(H,19,20). The molecule has 3 N–H and O–H groups in total. The van der Waals surface area contributed by atoms with Crippen molar-refractivity contribution in [2.75, 3.05) is 6.54 Å². The normalized spacial score (nSPS) is 19.6. The lowest BCUT2D eigenvalue weighted by Crippen LogP contribution is -2.43. The minimum atomic E-state index is -0.304. The van der Waals surface area contributed by atoms with Crippen LogP contribution in [0, 0.1) is 11.8 Å². The molecule has 0 radical (unpaired) electrons. The molecule has 3 nitrogen and oxygen atoms in total. The number of rotatable bonds is 9. The van der Waals surface area contributed by atoms with E-state index in [4.69, 9.17) is 5.73 Å². The van der Waals surface area contributed by atoms with Crippen molar-refractivity contribution >= 4 is 5.91 Å². The zero-order valence-corrected chi connectivity index (χ0v) is 13.5. The highest BCUT2D eigenvalue weighted by molar-refractivity contribution is 5.81. The predicted molar refractivity (Wildman–Crippen MR) is 85.5 cm³/mol. The summed E-state index contributed by atoms with van der Waals surface area (Å²) in [5, 5.41) is 3.07. The second kappa shape index (κ2) is 10.2. The number of hydrogen-bond acceptors (Lipinski definition) is 2. The average molecular weight is 282 g/mol. The van der Waals surface area contributed by atoms with Crippen LogP contribution in [0.3, 0.4) is 0 Å². The van der Waals surface area contributed by atoms with Gasteiger partial charge in [0, 0.05) is 6.54 Å². The van der Waals surface area contributed by atoms with Gasteiger partial charge >= 0.3 is 0 Å². The van der Waals surface area contributed by atoms with E-state index in [1.807, 2.05) is 0 Å². The van der Waals surface area contributed by atoms with E-state index in [-0.39, 0.29) is 11.9 Å². The summed E-state index contributed by atoms with van der Waals surface area (Å²) in [4.78, 5) is 12.1. The molecule has 118 valence electrons. The monoisotopic (exact) mass is 282 g/mol. The summed E-state index contributed by atoms with van der Waals surface area (Å²) >= 11 is 0. The van der Waals surface area contributed by atoms with Gasteiger partial charge in [-0.15, -0.1) is 0 Å². The fourth-order valence-corrected chi connectivity index (χ4v) is 3.21. The SMILES string of the molecule is CCCCC(CC)CNC(=O)C(N)CC1CCCCC1. The van der Waals surface area contributed by atoms with Crippen molar-refractivity contribution < 1.29 is 4.79 Å². The third-order valence-corrected chi connectivity index (χ3v) is 4.76. The van der Waals surface area contributed by atoms with Crippen molar-refractivity contribution in [2.24, 2.45) is 17.6 Å². The molecule has 2 atom stereocenters. The second-order valence-electron chi connectivity index (χ2n) is 6.51. The Labute approximate surface area is 125 Å². The quantitative estimate of drug-likeness (QED) is 0.678. The van der Waals surface area contributed by atoms with Gasteiger partial charge in [-0.05, 0) is 24.7 Å². The van der Waals surface area contributed by atoms with Crippen LogP contribution in [0.25, 0.3) is 0 Å². The van der Waals surface area contributed by atoms with Gasteiger partial charge in [0.2, 0.25) is 5.91 Å². The van der Waals surface area contributed by atoms with Gasteiger partial charge in [0.1, 0.15) is 0 Å². The lowest BCUT2D eigenvalue weighted by molar-refractivity contribution is -0.123. The first-order valence-corrected chi connectivity index (χ1v) is 8.70. The Morgan fingerprint density at radius 1 is 1.25 bits per heavy atom. The summed E-state index contributed by atoms with van der Waals surface area (Å²) in [6, 6.07) is -0.304. The van der Waals surface area contributed by atoms with Crippen molar-refractivity contribution in [1.29, 1.82) is 0 Å². The molecule has 0 saturated heterocycles. The Morgan fingerprint density at radius 2 is 1.95 bits per heavy atom. The smallest absolute Gasteiger partial charge is 0.236 e. The van der Waals surface area contributed by atoms with Crippen LogP contribution in [0.15, 0.2) is 0 Å². The van der Waals surface area contributed by atoms with Crippen LogP contribution < -0.4 is 11.1 Å². The maximum Gasteiger partial charge on any atom is 0.236 e. The topological polar surface area (TPSA) is 55.1 Å². The first-order chi connectivity index (χ1) is 9.67. The first kappa shape index (κ1) is 17.5. The van der Waals surface area contributed by atoms with Crippen LogP contribution in [0.5, 0.6) is 0 Å². The van der Waals surface area contributed by atoms with Gasteiger partial charge in [0.25, 0.3) is 0 Å². The molecule has 2 unspecified atom stereocenters. The van der Waals surface area contributed by atoms with Gasteiger partial charge in [-0.2, -0.15) is 0 Å². The molecule has 0 aromatic heterocycles. The van der Waals surface area contributed by atoms with E-state index >= 15 is 0 Å². The van der Waals surface area contributed by atoms with E-state index in [1.165, 1.54) is 51.4 Å². The molecule has 1 saturated carbocycles. The molecular weight excluding hydrogens is 248 g/mol. The molecule has 1 aliphatic carbocycles. The molecular formula is C17H34N2O. The van der Waals surface area contributed by atoms with E-state index in [1.54, 1.807) is 0 Å². The van der Waals surface area contributed by atoms with E-state index in [0.717, 1.165) is 19.4 Å². The van der Waals surface area contributed by atoms with E-state index < -0.39 is 0 Å². The minimum Gasteiger partial charge on any atom is -0.354 e. The molecule has 0 aromatic carbocycles. The molecule has 20 heavy (non-hydrogen) atoms. The third kappa shape index (κ3) is 6.74. The lowest BCUT2D eigenvalue weighted by Gasteiger charge is -2.24. The summed E-state index contributed by atoms with van der Waals surface area (Å²) in [6.45, 7) is 5.22. The Bertz CT molecular complexity index is 262. The number of carbonyl (C=O) groups is 1. The van der Waals surface area contributed by atoms with Crippen molar-refractivity contribution in [2.45, 2.75) is 84.1 Å². The Balaban J connectivity index is 2.22. The van der Waals surface area contributed by atoms with Gasteiger partial charge in [0.05, 0.1) is 6.04 Å². The van der Waals surface area contributed by atoms with Gasteiger partial charge in [-0.25, -0.2) is 0 Å². The predicted octanol–water partition coefficient (Wildman–Crippen LogP) is 3.62. The molecule has 0 aliphatic heterocycles. The molecule has 1 fully saturated rings. The van der Waals surface area contributed by atoms with Crippen molar-refractivity contribution in [3.05, 3.63) is 0 Å². The fraction of sp³-hybridized carbons (Fsp3) is 0.941. The van der Waals surface area contributed by atoms with Crippen LogP contribution in [0.1, 0.15) is 78.1 Å². The van der Waals surface area contributed by atoms with Crippen molar-refractivity contribution in [3.8, 4) is 0 Å². The molecule has 1 rings (SSSR count). The number of carbonyl (C=O) groups excluding carboxylic acids is 1. The summed E-state index contributed by atoms with van der Waals surface area (Å²) in [5.74, 6) is 1.35. The third-order valence-electron chi connectivity index (χ3n) is 4.76. The molecule has 1 amide bonds. The summed E-state index contributed by atoms with van der Waals surface area (Å²) in [6.07, 6.45) is 12.2. The van der Waals surface area contributed by atoms with Crippen molar-refractivity contribution in [1.82, 2.24) is 5.32 Å². The zero-order valence-electron chi connectivity index (χ0n) is 13.5. The van der Waals surface area contributed by atoms with Crippen LogP contribution >= 0.6 is 0 Å². The van der Waals surface area contributed by atoms with Crippen LogP contribution in [0.4, 0.5) is 0 Å². The molecule has 0 aromatic rings. The highest BCUT2D eigenvalue weighted by Crippen LogP contribution is 2.26. The first-order valence-electron chi connectivity index (χ1n) is 8.70. The zero-order chi connectivity index (χ0) is 14.8. The number of nitrogens with one attached hydrogen (secondary N) is 1. The fourth-order valence-electron chi connectivity index (χ4n) is 3.21. The van der Waals surface area contributed by atoms with E-state index in [0.29, 0.717) is 11.8 Å². The Hall–Kier alpha value is -0.570. The molecule has 1 aliphatic rings. The molecule has 0 spiro atoms. The number of nitrogens with two attached hydrogens (primary N) is 1. The highest BCUT2D eigenvalue weighted by atomic mass is 16.2. The minimum absolute atomic E-state index is 0.0607. The van der Waals surface area contributed by atoms with Gasteiger partial charge in [-0.1, -0.05) is 65.2 Å². The summed E-state index contributed by atoms with van der Waals surface area (Å²) < 4.78 is 0. The molecule has 0 heterocycles. The largest absolute Gasteiger partial charge is 0.354 e. The maximum absolute atomic E-state index is 12.1. The Kier molecular flexibility index (Phi) is 8.92. The second-order valence-corrected chi connectivity index (χ2v) is 6.51. The highest BCUT2D eigenvalue weighted by Gasteiger charge is 2.21. The van der Waals surface area contributed by atoms with Crippen LogP contribution in [-0.4, -0.2) is 18.5 Å². The number of hydrogen-bond donors (Lipinski definition) is 2. The van der Waals surface area contributed by atoms with Crippen molar-refractivity contribution in [3.63, 3.8) is 0 Å². The van der Waals surface area contributed by atoms with Gasteiger partial charge in [0.15, 0.2) is 0 Å². The summed E-state index contributed by atoms with van der Waals surface area (Å²) in [5.41, 5.74) is 6.06. The van der Waals surface area contributed by atoms with Crippen LogP contribution in [-0.2, 0) is 4.79 Å². The Morgan fingerprint density at radius 3 is 2.55 bits per heavy atom. The number of unbranched alkanes of at least 4 members (excludes halogenated alkanes) is 1. The summed E-state index contributed by atoms with van der Waals surface area (Å²) in [7, 11) is 0. The maximum atomic E-state index is 12.1. The molecule has 3 heteroatoms. The van der Waals surface area contributed by atoms with Gasteiger partial charge in [-0.3, -0.25) is 4.79 Å². The van der Waals surface area contributed by atoms with Gasteiger partial charge < -0.3 is 11.1 Å². The molecule has 0 bridgehead atoms. The van der Waals surface area contributed by atoms with E-state index in [2.05, 4.69) is 19.2 Å². The van der Waals surface area contributed by atoms with Crippen LogP contribution in [0.2, 0.25) is 0 Å². The van der Waals surface area contributed by atoms with E-state index in [9.17, 15) is 4.79 Å². The number of amides is 1. The average Bonchev–Trinajstić information content (AvgIpc) is 2.48. The lowest BCUT2D eigenvalue weighted by atomic mass is 9.85.